The molecule has 100 valence electrons. The number of benzene rings is 1. The number of aromatic nitrogens is 1. The highest BCUT2D eigenvalue weighted by molar-refractivity contribution is 5.31. The Morgan fingerprint density at radius 3 is 2.53 bits per heavy atom. The number of halogens is 1. The third kappa shape index (κ3) is 3.18. The van der Waals surface area contributed by atoms with Gasteiger partial charge in [-0.25, -0.2) is 4.39 Å². The van der Waals surface area contributed by atoms with Gasteiger partial charge in [-0.15, -0.1) is 0 Å². The van der Waals surface area contributed by atoms with Crippen molar-refractivity contribution in [2.75, 3.05) is 0 Å². The SMILES string of the molecule is Cc1cnc(C(N)Cc2ccc(F)cc2C)c(C)c1. The van der Waals surface area contributed by atoms with E-state index in [1.807, 2.05) is 27.0 Å². The van der Waals surface area contributed by atoms with E-state index in [2.05, 4.69) is 11.1 Å². The zero-order chi connectivity index (χ0) is 14.0. The summed E-state index contributed by atoms with van der Waals surface area (Å²) in [4.78, 5) is 4.42. The lowest BCUT2D eigenvalue weighted by Crippen LogP contribution is -2.17. The first-order valence-corrected chi connectivity index (χ1v) is 6.41. The van der Waals surface area contributed by atoms with E-state index >= 15 is 0 Å². The second kappa shape index (κ2) is 5.49. The predicted molar refractivity (Wildman–Crippen MR) is 75.5 cm³/mol. The molecule has 0 bridgehead atoms. The van der Waals surface area contributed by atoms with E-state index in [-0.39, 0.29) is 11.9 Å². The number of aryl methyl sites for hydroxylation is 3. The first kappa shape index (κ1) is 13.7. The van der Waals surface area contributed by atoms with E-state index < -0.39 is 0 Å². The van der Waals surface area contributed by atoms with E-state index in [9.17, 15) is 4.39 Å². The Hall–Kier alpha value is -1.74. The Labute approximate surface area is 113 Å². The van der Waals surface area contributed by atoms with Crippen LogP contribution < -0.4 is 5.73 Å². The molecule has 0 amide bonds. The quantitative estimate of drug-likeness (QED) is 0.916. The smallest absolute Gasteiger partial charge is 0.123 e. The van der Waals surface area contributed by atoms with Crippen LogP contribution in [0.25, 0.3) is 0 Å². The Balaban J connectivity index is 2.23. The summed E-state index contributed by atoms with van der Waals surface area (Å²) < 4.78 is 13.1. The minimum atomic E-state index is -0.209. The molecule has 0 aliphatic heterocycles. The normalized spacial score (nSPS) is 12.5. The van der Waals surface area contributed by atoms with Crippen LogP contribution in [0.5, 0.6) is 0 Å². The van der Waals surface area contributed by atoms with E-state index in [0.717, 1.165) is 27.9 Å². The van der Waals surface area contributed by atoms with Crippen LogP contribution in [0.4, 0.5) is 4.39 Å². The van der Waals surface area contributed by atoms with Gasteiger partial charge in [-0.05, 0) is 61.6 Å². The average molecular weight is 258 g/mol. The summed E-state index contributed by atoms with van der Waals surface area (Å²) in [5, 5.41) is 0. The standard InChI is InChI=1S/C16H19FN2/c1-10-6-12(3)16(19-9-10)15(18)8-13-4-5-14(17)7-11(13)2/h4-7,9,15H,8,18H2,1-3H3. The fourth-order valence-corrected chi connectivity index (χ4v) is 2.34. The van der Waals surface area contributed by atoms with Crippen molar-refractivity contribution in [2.24, 2.45) is 5.73 Å². The molecule has 0 spiro atoms. The van der Waals surface area contributed by atoms with Gasteiger partial charge in [-0.1, -0.05) is 12.1 Å². The molecule has 1 heterocycles. The topological polar surface area (TPSA) is 38.9 Å². The van der Waals surface area contributed by atoms with Crippen molar-refractivity contribution in [2.45, 2.75) is 33.2 Å². The number of hydrogen-bond donors (Lipinski definition) is 1. The number of hydrogen-bond acceptors (Lipinski definition) is 2. The molecule has 1 aromatic carbocycles. The van der Waals surface area contributed by atoms with Gasteiger partial charge in [-0.2, -0.15) is 0 Å². The van der Waals surface area contributed by atoms with Gasteiger partial charge in [0.25, 0.3) is 0 Å². The molecule has 0 saturated carbocycles. The van der Waals surface area contributed by atoms with Gasteiger partial charge in [0, 0.05) is 6.20 Å². The first-order chi connectivity index (χ1) is 8.97. The Morgan fingerprint density at radius 2 is 1.89 bits per heavy atom. The third-order valence-electron chi connectivity index (χ3n) is 3.35. The lowest BCUT2D eigenvalue weighted by atomic mass is 9.97. The highest BCUT2D eigenvalue weighted by Crippen LogP contribution is 2.20. The van der Waals surface area contributed by atoms with Crippen molar-refractivity contribution in [3.63, 3.8) is 0 Å². The third-order valence-corrected chi connectivity index (χ3v) is 3.35. The van der Waals surface area contributed by atoms with Gasteiger partial charge in [0.15, 0.2) is 0 Å². The first-order valence-electron chi connectivity index (χ1n) is 6.41. The van der Waals surface area contributed by atoms with Crippen molar-refractivity contribution in [1.82, 2.24) is 4.98 Å². The van der Waals surface area contributed by atoms with E-state index in [1.54, 1.807) is 6.07 Å². The van der Waals surface area contributed by atoms with E-state index in [1.165, 1.54) is 12.1 Å². The summed E-state index contributed by atoms with van der Waals surface area (Å²) in [7, 11) is 0. The molecule has 1 atom stereocenters. The zero-order valence-corrected chi connectivity index (χ0v) is 11.6. The second-order valence-corrected chi connectivity index (χ2v) is 5.10. The molecular formula is C16H19FN2. The molecule has 2 nitrogen and oxygen atoms in total. The molecule has 0 aliphatic rings. The number of nitrogens with zero attached hydrogens (tertiary/aromatic N) is 1. The summed E-state index contributed by atoms with van der Waals surface area (Å²) in [6.07, 6.45) is 2.50. The molecule has 0 radical (unpaired) electrons. The predicted octanol–water partition coefficient (Wildman–Crippen LogP) is 3.39. The van der Waals surface area contributed by atoms with Gasteiger partial charge in [-0.3, -0.25) is 4.98 Å². The summed E-state index contributed by atoms with van der Waals surface area (Å²) in [6, 6.07) is 6.74. The van der Waals surface area contributed by atoms with Crippen LogP contribution in [0.3, 0.4) is 0 Å². The van der Waals surface area contributed by atoms with Crippen LogP contribution >= 0.6 is 0 Å². The van der Waals surface area contributed by atoms with Crippen LogP contribution in [0.15, 0.2) is 30.5 Å². The van der Waals surface area contributed by atoms with E-state index in [4.69, 9.17) is 5.73 Å². The number of nitrogens with two attached hydrogens (primary N) is 1. The average Bonchev–Trinajstić information content (AvgIpc) is 2.32. The molecule has 2 N–H and O–H groups in total. The summed E-state index contributed by atoms with van der Waals surface area (Å²) in [5.74, 6) is -0.209. The molecule has 0 fully saturated rings. The largest absolute Gasteiger partial charge is 0.322 e. The van der Waals surface area contributed by atoms with Crippen molar-refractivity contribution >= 4 is 0 Å². The van der Waals surface area contributed by atoms with Crippen molar-refractivity contribution < 1.29 is 4.39 Å². The van der Waals surface area contributed by atoms with Gasteiger partial charge < -0.3 is 5.73 Å². The lowest BCUT2D eigenvalue weighted by Gasteiger charge is -2.15. The molecular weight excluding hydrogens is 239 g/mol. The minimum absolute atomic E-state index is 0.162. The molecule has 1 unspecified atom stereocenters. The van der Waals surface area contributed by atoms with Gasteiger partial charge >= 0.3 is 0 Å². The second-order valence-electron chi connectivity index (χ2n) is 5.10. The molecule has 0 aliphatic carbocycles. The molecule has 2 aromatic rings. The van der Waals surface area contributed by atoms with Crippen molar-refractivity contribution in [3.8, 4) is 0 Å². The van der Waals surface area contributed by atoms with Crippen LogP contribution in [0, 0.1) is 26.6 Å². The highest BCUT2D eigenvalue weighted by atomic mass is 19.1. The summed E-state index contributed by atoms with van der Waals surface area (Å²) in [5.41, 5.74) is 11.4. The molecule has 1 aromatic heterocycles. The summed E-state index contributed by atoms with van der Waals surface area (Å²) >= 11 is 0. The maximum atomic E-state index is 13.1. The van der Waals surface area contributed by atoms with Crippen molar-refractivity contribution in [3.05, 3.63) is 64.2 Å². The monoisotopic (exact) mass is 258 g/mol. The summed E-state index contributed by atoms with van der Waals surface area (Å²) in [6.45, 7) is 5.94. The highest BCUT2D eigenvalue weighted by Gasteiger charge is 2.13. The maximum Gasteiger partial charge on any atom is 0.123 e. The fourth-order valence-electron chi connectivity index (χ4n) is 2.34. The van der Waals surface area contributed by atoms with Gasteiger partial charge in [0.2, 0.25) is 0 Å². The Bertz CT molecular complexity index is 593. The molecule has 0 saturated heterocycles. The fraction of sp³-hybridized carbons (Fsp3) is 0.312. The molecule has 2 rings (SSSR count). The van der Waals surface area contributed by atoms with Crippen LogP contribution in [0.1, 0.15) is 34.0 Å². The molecule has 3 heteroatoms. The van der Waals surface area contributed by atoms with Gasteiger partial charge in [0.05, 0.1) is 11.7 Å². The van der Waals surface area contributed by atoms with Gasteiger partial charge in [0.1, 0.15) is 5.82 Å². The number of pyridine rings is 1. The Kier molecular flexibility index (Phi) is 3.96. The number of rotatable bonds is 3. The molecule has 19 heavy (non-hydrogen) atoms. The van der Waals surface area contributed by atoms with Crippen LogP contribution in [-0.4, -0.2) is 4.98 Å². The Morgan fingerprint density at radius 1 is 1.16 bits per heavy atom. The van der Waals surface area contributed by atoms with Crippen molar-refractivity contribution in [1.29, 1.82) is 0 Å². The zero-order valence-electron chi connectivity index (χ0n) is 11.6. The maximum absolute atomic E-state index is 13.1. The van der Waals surface area contributed by atoms with E-state index in [0.29, 0.717) is 6.42 Å². The van der Waals surface area contributed by atoms with Crippen LogP contribution in [0.2, 0.25) is 0 Å². The van der Waals surface area contributed by atoms with Crippen LogP contribution in [-0.2, 0) is 6.42 Å². The minimum Gasteiger partial charge on any atom is -0.322 e. The lowest BCUT2D eigenvalue weighted by molar-refractivity contribution is 0.623.